The largest absolute Gasteiger partial charge is 0.412 e. The van der Waals surface area contributed by atoms with E-state index >= 15 is 0 Å². The molecule has 0 radical (unpaired) electrons. The first-order valence-corrected chi connectivity index (χ1v) is 2.12. The van der Waals surface area contributed by atoms with E-state index in [0.29, 0.717) is 12.8 Å². The minimum atomic E-state index is -0.148. The van der Waals surface area contributed by atoms with E-state index in [4.69, 9.17) is 0 Å². The molecule has 0 bridgehead atoms. The molecule has 4 nitrogen and oxygen atoms in total. The molecule has 1 saturated heterocycles. The van der Waals surface area contributed by atoms with Crippen LogP contribution in [0.5, 0.6) is 0 Å². The highest BCUT2D eigenvalue weighted by molar-refractivity contribution is 6.01. The van der Waals surface area contributed by atoms with E-state index < -0.39 is 0 Å². The summed E-state index contributed by atoms with van der Waals surface area (Å²) in [5.74, 6) is -0.296. The molecule has 3 N–H and O–H groups in total. The highest BCUT2D eigenvalue weighted by atomic mass is 16.2. The Kier molecular flexibility index (Phi) is 2.15. The van der Waals surface area contributed by atoms with E-state index in [0.717, 1.165) is 0 Å². The van der Waals surface area contributed by atoms with Crippen LogP contribution in [-0.2, 0) is 9.59 Å². The molecule has 0 aromatic heterocycles. The number of hydrogen-bond acceptors (Lipinski definition) is 2. The van der Waals surface area contributed by atoms with Crippen LogP contribution in [0.2, 0.25) is 0 Å². The molecule has 1 fully saturated rings. The molecule has 46 valence electrons. The number of imide groups is 1. The lowest BCUT2D eigenvalue weighted by Crippen LogP contribution is -2.18. The first kappa shape index (κ1) is 7.10. The predicted molar refractivity (Wildman–Crippen MR) is 26.0 cm³/mol. The maximum Gasteiger partial charge on any atom is 0.227 e. The van der Waals surface area contributed by atoms with Crippen molar-refractivity contribution < 1.29 is 15.1 Å². The van der Waals surface area contributed by atoms with Gasteiger partial charge in [-0.15, -0.1) is 0 Å². The van der Waals surface area contributed by atoms with Crippen molar-refractivity contribution in [2.45, 2.75) is 12.8 Å². The first-order valence-electron chi connectivity index (χ1n) is 2.12. The molecule has 1 rings (SSSR count). The summed E-state index contributed by atoms with van der Waals surface area (Å²) in [5.41, 5.74) is 0. The topological polar surface area (TPSA) is 77.7 Å². The fourth-order valence-corrected chi connectivity index (χ4v) is 0.508. The molecule has 0 aromatic rings. The maximum absolute atomic E-state index is 10.1. The Hall–Kier alpha value is -0.900. The minimum Gasteiger partial charge on any atom is -0.412 e. The van der Waals surface area contributed by atoms with Gasteiger partial charge in [-0.3, -0.25) is 14.9 Å². The molecule has 0 spiro atoms. The second-order valence-corrected chi connectivity index (χ2v) is 1.47. The zero-order valence-electron chi connectivity index (χ0n) is 4.23. The van der Waals surface area contributed by atoms with Gasteiger partial charge in [0.15, 0.2) is 0 Å². The van der Waals surface area contributed by atoms with Crippen molar-refractivity contribution in [2.24, 2.45) is 0 Å². The van der Waals surface area contributed by atoms with Gasteiger partial charge in [0.1, 0.15) is 0 Å². The number of nitrogens with one attached hydrogen (secondary N) is 1. The Morgan fingerprint density at radius 3 is 1.62 bits per heavy atom. The molecule has 4 heteroatoms. The molecule has 1 heterocycles. The van der Waals surface area contributed by atoms with Gasteiger partial charge in [0, 0.05) is 12.8 Å². The van der Waals surface area contributed by atoms with Crippen molar-refractivity contribution in [3.63, 3.8) is 0 Å². The van der Waals surface area contributed by atoms with Crippen molar-refractivity contribution in [3.8, 4) is 0 Å². The summed E-state index contributed by atoms with van der Waals surface area (Å²) >= 11 is 0. The summed E-state index contributed by atoms with van der Waals surface area (Å²) in [6.07, 6.45) is 0.748. The molecule has 0 unspecified atom stereocenters. The number of rotatable bonds is 0. The van der Waals surface area contributed by atoms with Gasteiger partial charge in [-0.05, 0) is 0 Å². The van der Waals surface area contributed by atoms with Crippen LogP contribution in [0.25, 0.3) is 0 Å². The highest BCUT2D eigenvalue weighted by Gasteiger charge is 2.15. The summed E-state index contributed by atoms with van der Waals surface area (Å²) in [6.45, 7) is 0. The SMILES string of the molecule is O.O=C1CCC(=O)N1. The first-order chi connectivity index (χ1) is 3.29. The van der Waals surface area contributed by atoms with E-state index in [1.54, 1.807) is 0 Å². The van der Waals surface area contributed by atoms with Crippen LogP contribution in [0.15, 0.2) is 0 Å². The summed E-state index contributed by atoms with van der Waals surface area (Å²) in [7, 11) is 0. The van der Waals surface area contributed by atoms with Crippen LogP contribution in [0.4, 0.5) is 0 Å². The number of amides is 2. The predicted octanol–water partition coefficient (Wildman–Crippen LogP) is -1.40. The smallest absolute Gasteiger partial charge is 0.227 e. The van der Waals surface area contributed by atoms with Crippen LogP contribution in [0, 0.1) is 0 Å². The third-order valence-corrected chi connectivity index (χ3v) is 0.858. The Balaban J connectivity index is 0.000000490. The van der Waals surface area contributed by atoms with Crippen molar-refractivity contribution in [1.29, 1.82) is 0 Å². The van der Waals surface area contributed by atoms with Crippen molar-refractivity contribution >= 4 is 11.8 Å². The van der Waals surface area contributed by atoms with E-state index in [1.165, 1.54) is 0 Å². The Bertz CT molecular complexity index is 106. The van der Waals surface area contributed by atoms with Gasteiger partial charge in [0.2, 0.25) is 11.8 Å². The van der Waals surface area contributed by atoms with Gasteiger partial charge in [-0.1, -0.05) is 0 Å². The van der Waals surface area contributed by atoms with Crippen molar-refractivity contribution in [2.75, 3.05) is 0 Å². The standard InChI is InChI=1S/C4H5NO2.H2O/c6-3-1-2-4(7)5-3;/h1-2H2,(H,5,6,7);1H2. The third kappa shape index (κ3) is 1.31. The molecule has 1 aliphatic rings. The molecule has 2 amide bonds. The summed E-state index contributed by atoms with van der Waals surface area (Å²) < 4.78 is 0. The fraction of sp³-hybridized carbons (Fsp3) is 0.500. The molecule has 8 heavy (non-hydrogen) atoms. The summed E-state index contributed by atoms with van der Waals surface area (Å²) in [5, 5.41) is 2.14. The van der Waals surface area contributed by atoms with E-state index in [1.807, 2.05) is 0 Å². The normalized spacial score (nSPS) is 17.5. The molecular formula is C4H7NO3. The highest BCUT2D eigenvalue weighted by Crippen LogP contribution is 1.95. The second-order valence-electron chi connectivity index (χ2n) is 1.47. The number of hydrogen-bond donors (Lipinski definition) is 1. The minimum absolute atomic E-state index is 0. The lowest BCUT2D eigenvalue weighted by Gasteiger charge is -1.79. The average Bonchev–Trinajstić information content (AvgIpc) is 1.87. The van der Waals surface area contributed by atoms with Gasteiger partial charge >= 0.3 is 0 Å². The summed E-state index contributed by atoms with van der Waals surface area (Å²) in [6, 6.07) is 0. The molecule has 0 aromatic carbocycles. The zero-order valence-corrected chi connectivity index (χ0v) is 4.23. The molecule has 0 atom stereocenters. The van der Waals surface area contributed by atoms with Crippen LogP contribution in [0.3, 0.4) is 0 Å². The lowest BCUT2D eigenvalue weighted by molar-refractivity contribution is -0.124. The Morgan fingerprint density at radius 2 is 1.50 bits per heavy atom. The Morgan fingerprint density at radius 1 is 1.12 bits per heavy atom. The van der Waals surface area contributed by atoms with Crippen molar-refractivity contribution in [3.05, 3.63) is 0 Å². The Labute approximate surface area is 46.2 Å². The summed E-state index contributed by atoms with van der Waals surface area (Å²) in [4.78, 5) is 20.2. The van der Waals surface area contributed by atoms with Crippen LogP contribution < -0.4 is 5.32 Å². The van der Waals surface area contributed by atoms with Crippen LogP contribution >= 0.6 is 0 Å². The second kappa shape index (κ2) is 2.42. The monoisotopic (exact) mass is 117 g/mol. The lowest BCUT2D eigenvalue weighted by atomic mass is 10.4. The third-order valence-electron chi connectivity index (χ3n) is 0.858. The number of carbonyl (C=O) groups excluding carboxylic acids is 2. The van der Waals surface area contributed by atoms with E-state index in [9.17, 15) is 9.59 Å². The average molecular weight is 117 g/mol. The molecule has 1 aliphatic heterocycles. The molecular weight excluding hydrogens is 110 g/mol. The van der Waals surface area contributed by atoms with Crippen LogP contribution in [0.1, 0.15) is 12.8 Å². The molecule has 0 aliphatic carbocycles. The fourth-order valence-electron chi connectivity index (χ4n) is 0.508. The van der Waals surface area contributed by atoms with Gasteiger partial charge in [0.05, 0.1) is 0 Å². The van der Waals surface area contributed by atoms with Crippen LogP contribution in [-0.4, -0.2) is 17.3 Å². The van der Waals surface area contributed by atoms with Gasteiger partial charge in [0.25, 0.3) is 0 Å². The van der Waals surface area contributed by atoms with E-state index in [-0.39, 0.29) is 17.3 Å². The number of carbonyl (C=O) groups is 2. The van der Waals surface area contributed by atoms with Gasteiger partial charge in [-0.2, -0.15) is 0 Å². The van der Waals surface area contributed by atoms with Gasteiger partial charge < -0.3 is 5.48 Å². The quantitative estimate of drug-likeness (QED) is 0.396. The molecule has 0 saturated carbocycles. The van der Waals surface area contributed by atoms with Crippen molar-refractivity contribution in [1.82, 2.24) is 5.32 Å². The van der Waals surface area contributed by atoms with Gasteiger partial charge in [-0.25, -0.2) is 0 Å². The van der Waals surface area contributed by atoms with E-state index in [2.05, 4.69) is 5.32 Å². The zero-order chi connectivity index (χ0) is 5.28. The maximum atomic E-state index is 10.1.